The third-order valence-corrected chi connectivity index (χ3v) is 0.599. The molecule has 0 unspecified atom stereocenters. The van der Waals surface area contributed by atoms with Crippen LogP contribution in [-0.2, 0) is 4.79 Å². The maximum absolute atomic E-state index is 9.82. The highest BCUT2D eigenvalue weighted by molar-refractivity contribution is 5.58. The van der Waals surface area contributed by atoms with E-state index in [0.29, 0.717) is 6.41 Å². The van der Waals surface area contributed by atoms with Crippen molar-refractivity contribution in [2.75, 3.05) is 7.05 Å². The molecule has 0 aliphatic carbocycles. The van der Waals surface area contributed by atoms with Crippen LogP contribution in [0.5, 0.6) is 0 Å². The summed E-state index contributed by atoms with van der Waals surface area (Å²) in [6, 6.07) is 0. The summed E-state index contributed by atoms with van der Waals surface area (Å²) in [7, 11) is 1.60. The van der Waals surface area contributed by atoms with E-state index in [9.17, 15) is 4.79 Å². The molecule has 0 radical (unpaired) electrons. The van der Waals surface area contributed by atoms with Gasteiger partial charge in [0.15, 0.2) is 0 Å². The Morgan fingerprint density at radius 3 is 2.75 bits per heavy atom. The number of carbonyl (C=O) groups excluding carboxylic acids is 1. The first kappa shape index (κ1) is 7.14. The van der Waals surface area contributed by atoms with E-state index in [-0.39, 0.29) is 0 Å². The second-order valence-corrected chi connectivity index (χ2v) is 1.39. The van der Waals surface area contributed by atoms with Crippen molar-refractivity contribution in [3.63, 3.8) is 0 Å². The molecule has 46 valence electrons. The van der Waals surface area contributed by atoms with Crippen LogP contribution in [-0.4, -0.2) is 24.7 Å². The van der Waals surface area contributed by atoms with Crippen LogP contribution in [0.15, 0.2) is 5.10 Å². The molecule has 0 aliphatic heterocycles. The fourth-order valence-corrected chi connectivity index (χ4v) is 0.238. The van der Waals surface area contributed by atoms with Crippen LogP contribution in [0.1, 0.15) is 13.3 Å². The number of nitrogens with zero attached hydrogens (tertiary/aromatic N) is 2. The summed E-state index contributed by atoms with van der Waals surface area (Å²) in [5.74, 6) is 0. The molecule has 3 heteroatoms. The van der Waals surface area contributed by atoms with Gasteiger partial charge in [-0.15, -0.1) is 0 Å². The zero-order valence-electron chi connectivity index (χ0n) is 5.16. The van der Waals surface area contributed by atoms with Crippen LogP contribution >= 0.6 is 0 Å². The Morgan fingerprint density at radius 1 is 1.75 bits per heavy atom. The average molecular weight is 114 g/mol. The van der Waals surface area contributed by atoms with Gasteiger partial charge in [0, 0.05) is 13.3 Å². The van der Waals surface area contributed by atoms with E-state index in [1.165, 1.54) is 5.01 Å². The van der Waals surface area contributed by atoms with Gasteiger partial charge in [-0.3, -0.25) is 4.79 Å². The summed E-state index contributed by atoms with van der Waals surface area (Å²) in [6.07, 6.45) is 3.19. The van der Waals surface area contributed by atoms with Gasteiger partial charge in [-0.1, -0.05) is 6.92 Å². The number of carbonyl (C=O) groups is 1. The van der Waals surface area contributed by atoms with Crippen molar-refractivity contribution in [3.8, 4) is 0 Å². The first-order valence-corrected chi connectivity index (χ1v) is 2.51. The fourth-order valence-electron chi connectivity index (χ4n) is 0.238. The molecule has 0 heterocycles. The minimum Gasteiger partial charge on any atom is -0.277 e. The molecule has 0 bridgehead atoms. The van der Waals surface area contributed by atoms with Gasteiger partial charge < -0.3 is 0 Å². The number of rotatable bonds is 3. The van der Waals surface area contributed by atoms with E-state index in [0.717, 1.165) is 6.42 Å². The van der Waals surface area contributed by atoms with E-state index in [4.69, 9.17) is 0 Å². The molecule has 0 atom stereocenters. The Bertz CT molecular complexity index is 90.4. The molecule has 0 fully saturated rings. The Kier molecular flexibility index (Phi) is 3.84. The zero-order chi connectivity index (χ0) is 6.41. The van der Waals surface area contributed by atoms with Gasteiger partial charge in [0.2, 0.25) is 6.41 Å². The molecular formula is C5H10N2O. The molecule has 8 heavy (non-hydrogen) atoms. The maximum atomic E-state index is 9.82. The molecule has 0 saturated carbocycles. The monoisotopic (exact) mass is 114 g/mol. The zero-order valence-corrected chi connectivity index (χ0v) is 5.16. The van der Waals surface area contributed by atoms with E-state index in [1.54, 1.807) is 13.3 Å². The van der Waals surface area contributed by atoms with Crippen molar-refractivity contribution >= 4 is 12.6 Å². The van der Waals surface area contributed by atoms with Crippen molar-refractivity contribution < 1.29 is 4.79 Å². The van der Waals surface area contributed by atoms with Gasteiger partial charge in [0.25, 0.3) is 0 Å². The minimum absolute atomic E-state index is 0.659. The molecule has 0 saturated heterocycles. The largest absolute Gasteiger partial charge is 0.277 e. The predicted molar refractivity (Wildman–Crippen MR) is 32.6 cm³/mol. The number of hydrogen-bond acceptors (Lipinski definition) is 2. The van der Waals surface area contributed by atoms with E-state index in [2.05, 4.69) is 5.10 Å². The summed E-state index contributed by atoms with van der Waals surface area (Å²) in [5, 5.41) is 4.93. The second-order valence-electron chi connectivity index (χ2n) is 1.39. The van der Waals surface area contributed by atoms with E-state index >= 15 is 0 Å². The lowest BCUT2D eigenvalue weighted by molar-refractivity contribution is -0.116. The van der Waals surface area contributed by atoms with Crippen LogP contribution in [0.2, 0.25) is 0 Å². The normalized spacial score (nSPS) is 9.75. The van der Waals surface area contributed by atoms with Crippen molar-refractivity contribution in [1.82, 2.24) is 5.01 Å². The highest BCUT2D eigenvalue weighted by atomic mass is 16.1. The molecule has 0 aromatic heterocycles. The summed E-state index contributed by atoms with van der Waals surface area (Å²) in [6.45, 7) is 1.96. The third-order valence-electron chi connectivity index (χ3n) is 0.599. The van der Waals surface area contributed by atoms with Gasteiger partial charge in [0.1, 0.15) is 0 Å². The maximum Gasteiger partial charge on any atom is 0.229 e. The fraction of sp³-hybridized carbons (Fsp3) is 0.600. The minimum atomic E-state index is 0.659. The highest BCUT2D eigenvalue weighted by Gasteiger charge is 1.79. The van der Waals surface area contributed by atoms with Crippen molar-refractivity contribution in [2.45, 2.75) is 13.3 Å². The second kappa shape index (κ2) is 4.30. The highest BCUT2D eigenvalue weighted by Crippen LogP contribution is 1.74. The number of hydrazone groups is 1. The summed E-state index contributed by atoms with van der Waals surface area (Å²) in [4.78, 5) is 9.82. The standard InChI is InChI=1S/C5H10N2O/c1-3-4-6-7(2)5-8/h4-5H,3H2,1-2H3/b6-4+. The van der Waals surface area contributed by atoms with Gasteiger partial charge in [-0.05, 0) is 6.42 Å². The third kappa shape index (κ3) is 3.33. The molecular weight excluding hydrogens is 104 g/mol. The van der Waals surface area contributed by atoms with E-state index < -0.39 is 0 Å². The van der Waals surface area contributed by atoms with Crippen LogP contribution in [0.3, 0.4) is 0 Å². The number of amides is 1. The molecule has 0 spiro atoms. The first-order chi connectivity index (χ1) is 3.81. The Hall–Kier alpha value is -0.860. The van der Waals surface area contributed by atoms with Gasteiger partial charge >= 0.3 is 0 Å². The van der Waals surface area contributed by atoms with Crippen molar-refractivity contribution in [2.24, 2.45) is 5.10 Å². The SMILES string of the molecule is CC/C=N/N(C)C=O. The van der Waals surface area contributed by atoms with Crippen molar-refractivity contribution in [1.29, 1.82) is 0 Å². The Balaban J connectivity index is 3.35. The van der Waals surface area contributed by atoms with Crippen molar-refractivity contribution in [3.05, 3.63) is 0 Å². The van der Waals surface area contributed by atoms with Crippen LogP contribution in [0.25, 0.3) is 0 Å². The summed E-state index contributed by atoms with van der Waals surface area (Å²) >= 11 is 0. The number of hydrogen-bond donors (Lipinski definition) is 0. The molecule has 0 rings (SSSR count). The lowest BCUT2D eigenvalue weighted by Crippen LogP contribution is -2.06. The Morgan fingerprint density at radius 2 is 2.38 bits per heavy atom. The lowest BCUT2D eigenvalue weighted by atomic mass is 10.6. The predicted octanol–water partition coefficient (Wildman–Crippen LogP) is 0.470. The topological polar surface area (TPSA) is 32.7 Å². The lowest BCUT2D eigenvalue weighted by Gasteiger charge is -1.97. The summed E-state index contributed by atoms with van der Waals surface area (Å²) in [5.41, 5.74) is 0. The molecule has 3 nitrogen and oxygen atoms in total. The molecule has 0 aliphatic rings. The smallest absolute Gasteiger partial charge is 0.229 e. The average Bonchev–Trinajstić information content (AvgIpc) is 1.83. The molecule has 0 N–H and O–H groups in total. The van der Waals surface area contributed by atoms with Crippen LogP contribution < -0.4 is 0 Å². The summed E-state index contributed by atoms with van der Waals surface area (Å²) < 4.78 is 0. The molecule has 1 amide bonds. The quantitative estimate of drug-likeness (QED) is 0.298. The van der Waals surface area contributed by atoms with E-state index in [1.807, 2.05) is 6.92 Å². The molecule has 0 aromatic carbocycles. The molecule has 0 aromatic rings. The Labute approximate surface area is 49.0 Å². The van der Waals surface area contributed by atoms with Crippen LogP contribution in [0.4, 0.5) is 0 Å². The van der Waals surface area contributed by atoms with Gasteiger partial charge in [0.05, 0.1) is 0 Å². The van der Waals surface area contributed by atoms with Gasteiger partial charge in [-0.2, -0.15) is 5.10 Å². The van der Waals surface area contributed by atoms with Gasteiger partial charge in [-0.25, -0.2) is 5.01 Å². The first-order valence-electron chi connectivity index (χ1n) is 2.51. The van der Waals surface area contributed by atoms with Crippen LogP contribution in [0, 0.1) is 0 Å².